The molecule has 0 fully saturated rings. The fraction of sp³-hybridized carbons (Fsp3) is 0.458. The molecule has 1 aromatic rings. The number of anilines is 1. The summed E-state index contributed by atoms with van der Waals surface area (Å²) in [5.41, 5.74) is -0.218. The molecule has 1 aromatic carbocycles. The van der Waals surface area contributed by atoms with E-state index >= 15 is 0 Å². The van der Waals surface area contributed by atoms with E-state index in [1.54, 1.807) is 33.8 Å². The lowest BCUT2D eigenvalue weighted by atomic mass is 10.0. The molecule has 0 saturated carbocycles. The summed E-state index contributed by atoms with van der Waals surface area (Å²) in [5, 5.41) is 22.8. The number of cyclic esters (lactones) is 1. The molecule has 2 rings (SSSR count). The van der Waals surface area contributed by atoms with Crippen molar-refractivity contribution in [2.24, 2.45) is 0 Å². The number of aliphatic hydroxyl groups is 2. The lowest BCUT2D eigenvalue weighted by Crippen LogP contribution is -2.32. The van der Waals surface area contributed by atoms with Crippen molar-refractivity contribution in [2.45, 2.75) is 64.4 Å². The van der Waals surface area contributed by atoms with E-state index in [-0.39, 0.29) is 24.1 Å². The average Bonchev–Trinajstić information content (AvgIpc) is 2.70. The van der Waals surface area contributed by atoms with Gasteiger partial charge in [-0.25, -0.2) is 9.59 Å². The predicted octanol–water partition coefficient (Wildman–Crippen LogP) is 3.24. The van der Waals surface area contributed by atoms with Gasteiger partial charge in [-0.1, -0.05) is 18.2 Å². The average molecular weight is 462 g/mol. The van der Waals surface area contributed by atoms with E-state index in [4.69, 9.17) is 14.2 Å². The minimum absolute atomic E-state index is 0.0579. The van der Waals surface area contributed by atoms with E-state index in [1.165, 1.54) is 31.4 Å². The molecule has 0 unspecified atom stereocenters. The Kier molecular flexibility index (Phi) is 8.78. The SMILES string of the molecule is COc1cc2c(c(NC(=O)OC(C)(C)C)c1)C(=O)O[C@@H](C)C/C=C\C(=O)[C@@H](O)[C@@H](O)CC=C2. The molecule has 0 radical (unpaired) electrons. The van der Waals surface area contributed by atoms with Crippen LogP contribution in [-0.4, -0.2) is 59.1 Å². The third-order valence-corrected chi connectivity index (χ3v) is 4.61. The Hall–Kier alpha value is -3.17. The highest BCUT2D eigenvalue weighted by atomic mass is 16.6. The number of benzene rings is 1. The summed E-state index contributed by atoms with van der Waals surface area (Å²) in [6.07, 6.45) is 1.50. The van der Waals surface area contributed by atoms with Crippen molar-refractivity contribution in [1.29, 1.82) is 0 Å². The number of hydrogen-bond donors (Lipinski definition) is 3. The van der Waals surface area contributed by atoms with Gasteiger partial charge in [-0.2, -0.15) is 0 Å². The Morgan fingerprint density at radius 1 is 1.12 bits per heavy atom. The van der Waals surface area contributed by atoms with E-state index in [2.05, 4.69) is 5.32 Å². The number of rotatable bonds is 2. The standard InChI is InChI=1S/C24H31NO8/c1-14-8-6-10-18(26)21(28)19(27)11-7-9-15-12-16(31-5)13-17(20(15)22(29)32-14)25-23(30)33-24(2,3)4/h6-7,9-10,12-14,19,21,27-28H,8,11H2,1-5H3,(H,25,30)/b9-7?,10-6-/t14-,19-,21+/m0/s1. The lowest BCUT2D eigenvalue weighted by Gasteiger charge is -2.22. The van der Waals surface area contributed by atoms with Gasteiger partial charge in [0.15, 0.2) is 5.78 Å². The molecule has 33 heavy (non-hydrogen) atoms. The van der Waals surface area contributed by atoms with E-state index in [0.717, 1.165) is 6.08 Å². The second-order valence-electron chi connectivity index (χ2n) is 8.67. The van der Waals surface area contributed by atoms with Gasteiger partial charge in [-0.05, 0) is 51.8 Å². The number of carbonyl (C=O) groups is 3. The second-order valence-corrected chi connectivity index (χ2v) is 8.67. The van der Waals surface area contributed by atoms with Crippen molar-refractivity contribution in [2.75, 3.05) is 12.4 Å². The largest absolute Gasteiger partial charge is 0.497 e. The maximum absolute atomic E-state index is 13.1. The molecular weight excluding hydrogens is 430 g/mol. The van der Waals surface area contributed by atoms with E-state index in [0.29, 0.717) is 11.3 Å². The van der Waals surface area contributed by atoms with Crippen LogP contribution in [0.1, 0.15) is 56.5 Å². The Balaban J connectivity index is 2.54. The zero-order valence-corrected chi connectivity index (χ0v) is 19.5. The van der Waals surface area contributed by atoms with Gasteiger partial charge in [0.05, 0.1) is 24.5 Å². The number of amides is 1. The first-order valence-corrected chi connectivity index (χ1v) is 10.6. The molecule has 0 spiro atoms. The van der Waals surface area contributed by atoms with E-state index < -0.39 is 41.8 Å². The first-order chi connectivity index (χ1) is 15.4. The summed E-state index contributed by atoms with van der Waals surface area (Å²) in [6, 6.07) is 3.04. The number of carbonyl (C=O) groups excluding carboxylic acids is 3. The lowest BCUT2D eigenvalue weighted by molar-refractivity contribution is -0.127. The highest BCUT2D eigenvalue weighted by Crippen LogP contribution is 2.30. The minimum Gasteiger partial charge on any atom is -0.497 e. The number of nitrogens with one attached hydrogen (secondary N) is 1. The first kappa shape index (κ1) is 26.1. The van der Waals surface area contributed by atoms with Crippen LogP contribution in [0, 0.1) is 0 Å². The molecule has 0 aliphatic carbocycles. The summed E-state index contributed by atoms with van der Waals surface area (Å²) < 4.78 is 16.1. The van der Waals surface area contributed by atoms with Crippen molar-refractivity contribution < 1.29 is 38.8 Å². The van der Waals surface area contributed by atoms with Crippen LogP contribution in [-0.2, 0) is 14.3 Å². The molecule has 1 aliphatic rings. The van der Waals surface area contributed by atoms with Crippen LogP contribution in [0.3, 0.4) is 0 Å². The highest BCUT2D eigenvalue weighted by Gasteiger charge is 2.25. The van der Waals surface area contributed by atoms with Gasteiger partial charge in [-0.15, -0.1) is 0 Å². The predicted molar refractivity (Wildman–Crippen MR) is 122 cm³/mol. The van der Waals surface area contributed by atoms with Gasteiger partial charge >= 0.3 is 12.1 Å². The zero-order valence-electron chi connectivity index (χ0n) is 19.5. The fourth-order valence-corrected chi connectivity index (χ4v) is 3.04. The van der Waals surface area contributed by atoms with Gasteiger partial charge < -0.3 is 24.4 Å². The molecule has 0 bridgehead atoms. The molecule has 9 heteroatoms. The van der Waals surface area contributed by atoms with E-state index in [1.807, 2.05) is 0 Å². The molecule has 1 aliphatic heterocycles. The van der Waals surface area contributed by atoms with Gasteiger partial charge in [0.1, 0.15) is 23.6 Å². The number of esters is 1. The molecule has 180 valence electrons. The van der Waals surface area contributed by atoms with Crippen LogP contribution in [0.5, 0.6) is 5.75 Å². The second kappa shape index (κ2) is 11.1. The smallest absolute Gasteiger partial charge is 0.412 e. The van der Waals surface area contributed by atoms with Crippen molar-refractivity contribution >= 4 is 29.6 Å². The zero-order chi connectivity index (χ0) is 24.8. The fourth-order valence-electron chi connectivity index (χ4n) is 3.04. The summed E-state index contributed by atoms with van der Waals surface area (Å²) in [5.74, 6) is -0.990. The van der Waals surface area contributed by atoms with Gasteiger partial charge in [0.2, 0.25) is 0 Å². The molecule has 0 saturated heterocycles. The summed E-state index contributed by atoms with van der Waals surface area (Å²) in [6.45, 7) is 6.78. The third kappa shape index (κ3) is 7.73. The summed E-state index contributed by atoms with van der Waals surface area (Å²) >= 11 is 0. The van der Waals surface area contributed by atoms with Crippen molar-refractivity contribution in [3.8, 4) is 5.75 Å². The Morgan fingerprint density at radius 3 is 2.42 bits per heavy atom. The number of ether oxygens (including phenoxy) is 3. The number of ketones is 1. The Morgan fingerprint density at radius 2 is 1.79 bits per heavy atom. The van der Waals surface area contributed by atoms with E-state index in [9.17, 15) is 24.6 Å². The van der Waals surface area contributed by atoms with Gasteiger partial charge in [0.25, 0.3) is 0 Å². The molecule has 1 amide bonds. The van der Waals surface area contributed by atoms with Crippen LogP contribution < -0.4 is 10.1 Å². The first-order valence-electron chi connectivity index (χ1n) is 10.6. The topological polar surface area (TPSA) is 131 Å². The normalized spacial score (nSPS) is 23.1. The number of fused-ring (bicyclic) bond motifs is 1. The number of methoxy groups -OCH3 is 1. The Bertz CT molecular complexity index is 945. The number of aliphatic hydroxyl groups excluding tert-OH is 2. The third-order valence-electron chi connectivity index (χ3n) is 4.61. The molecule has 3 N–H and O–H groups in total. The monoisotopic (exact) mass is 461 g/mol. The molecular formula is C24H31NO8. The highest BCUT2D eigenvalue weighted by molar-refractivity contribution is 6.03. The van der Waals surface area contributed by atoms with Crippen molar-refractivity contribution in [3.05, 3.63) is 41.5 Å². The maximum atomic E-state index is 13.1. The Labute approximate surface area is 193 Å². The minimum atomic E-state index is -1.58. The van der Waals surface area contributed by atoms with Crippen LogP contribution in [0.2, 0.25) is 0 Å². The summed E-state index contributed by atoms with van der Waals surface area (Å²) in [7, 11) is 1.43. The van der Waals surface area contributed by atoms with Crippen LogP contribution in [0.4, 0.5) is 10.5 Å². The van der Waals surface area contributed by atoms with Crippen LogP contribution in [0.15, 0.2) is 30.4 Å². The quantitative estimate of drug-likeness (QED) is 0.572. The maximum Gasteiger partial charge on any atom is 0.412 e. The van der Waals surface area contributed by atoms with Crippen LogP contribution >= 0.6 is 0 Å². The van der Waals surface area contributed by atoms with Crippen molar-refractivity contribution in [3.63, 3.8) is 0 Å². The molecule has 9 nitrogen and oxygen atoms in total. The van der Waals surface area contributed by atoms with Crippen LogP contribution in [0.25, 0.3) is 6.08 Å². The summed E-state index contributed by atoms with van der Waals surface area (Å²) in [4.78, 5) is 37.5. The van der Waals surface area contributed by atoms with Gasteiger partial charge in [-0.3, -0.25) is 10.1 Å². The number of hydrogen-bond acceptors (Lipinski definition) is 8. The van der Waals surface area contributed by atoms with Crippen molar-refractivity contribution in [1.82, 2.24) is 0 Å². The molecule has 1 heterocycles. The molecule has 0 aromatic heterocycles. The molecule has 3 atom stereocenters. The van der Waals surface area contributed by atoms with Gasteiger partial charge in [0, 0.05) is 12.5 Å².